The summed E-state index contributed by atoms with van der Waals surface area (Å²) in [6.45, 7) is 2.08. The number of nitrogens with two attached hydrogens (primary N) is 1. The second-order valence-electron chi connectivity index (χ2n) is 4.14. The molecule has 20 heavy (non-hydrogen) atoms. The molecule has 2 aromatic rings. The van der Waals surface area contributed by atoms with Gasteiger partial charge in [0.25, 0.3) is 0 Å². The van der Waals surface area contributed by atoms with E-state index in [1.807, 2.05) is 18.2 Å². The third kappa shape index (κ3) is 3.09. The number of aryl methyl sites for hydroxylation is 1. The summed E-state index contributed by atoms with van der Waals surface area (Å²) in [6, 6.07) is 7.46. The van der Waals surface area contributed by atoms with Crippen molar-refractivity contribution >= 4 is 11.8 Å². The predicted octanol–water partition coefficient (Wildman–Crippen LogP) is 2.46. The molecule has 0 spiro atoms. The molecule has 0 unspecified atom stereocenters. The number of hydrogen-bond acceptors (Lipinski definition) is 6. The Labute approximate surface area is 118 Å². The minimum Gasteiger partial charge on any atom is -0.493 e. The lowest BCUT2D eigenvalue weighted by Gasteiger charge is -2.11. The van der Waals surface area contributed by atoms with E-state index in [4.69, 9.17) is 15.2 Å². The summed E-state index contributed by atoms with van der Waals surface area (Å²) in [5.74, 6) is 2.36. The third-order valence-corrected chi connectivity index (χ3v) is 2.83. The maximum Gasteiger partial charge on any atom is 0.226 e. The molecule has 0 aliphatic rings. The highest BCUT2D eigenvalue weighted by molar-refractivity contribution is 5.47. The van der Waals surface area contributed by atoms with E-state index < -0.39 is 0 Å². The van der Waals surface area contributed by atoms with Crippen LogP contribution >= 0.6 is 0 Å². The summed E-state index contributed by atoms with van der Waals surface area (Å²) < 4.78 is 11.1. The molecule has 1 aromatic carbocycles. The minimum absolute atomic E-state index is 0.149. The molecule has 0 bridgehead atoms. The fraction of sp³-hybridized carbons (Fsp3) is 0.286. The molecule has 0 radical (unpaired) electrons. The normalized spacial score (nSPS) is 10.2. The van der Waals surface area contributed by atoms with E-state index in [1.165, 1.54) is 5.56 Å². The molecular formula is C14H18N4O2. The van der Waals surface area contributed by atoms with E-state index in [0.717, 1.165) is 6.42 Å². The average Bonchev–Trinajstić information content (AvgIpc) is 2.47. The maximum atomic E-state index is 5.73. The number of nitrogen functional groups attached to an aromatic ring is 1. The highest BCUT2D eigenvalue weighted by atomic mass is 16.5. The number of ether oxygens (including phenoxy) is 2. The van der Waals surface area contributed by atoms with E-state index in [-0.39, 0.29) is 5.95 Å². The van der Waals surface area contributed by atoms with Crippen LogP contribution in [0.2, 0.25) is 0 Å². The molecule has 3 N–H and O–H groups in total. The number of nitrogens with zero attached hydrogens (tertiary/aromatic N) is 2. The number of nitrogens with one attached hydrogen (secondary N) is 1. The van der Waals surface area contributed by atoms with Crippen LogP contribution in [0.3, 0.4) is 0 Å². The van der Waals surface area contributed by atoms with Gasteiger partial charge in [-0.3, -0.25) is 0 Å². The van der Waals surface area contributed by atoms with E-state index in [9.17, 15) is 0 Å². The summed E-state index contributed by atoms with van der Waals surface area (Å²) in [5.41, 5.74) is 6.80. The summed E-state index contributed by atoms with van der Waals surface area (Å²) in [6.07, 6.45) is 0.932. The van der Waals surface area contributed by atoms with Gasteiger partial charge in [0.2, 0.25) is 11.8 Å². The van der Waals surface area contributed by atoms with Gasteiger partial charge in [0.15, 0.2) is 11.5 Å². The lowest BCUT2D eigenvalue weighted by molar-refractivity contribution is 0.374. The Bertz CT molecular complexity index is 602. The molecule has 0 saturated carbocycles. The van der Waals surface area contributed by atoms with Crippen molar-refractivity contribution in [3.8, 4) is 17.4 Å². The van der Waals surface area contributed by atoms with Crippen LogP contribution in [0.1, 0.15) is 12.5 Å². The molecule has 106 valence electrons. The number of methoxy groups -OCH3 is 1. The van der Waals surface area contributed by atoms with Gasteiger partial charge in [0.1, 0.15) is 5.82 Å². The van der Waals surface area contributed by atoms with Gasteiger partial charge in [-0.25, -0.2) is 0 Å². The molecule has 6 heteroatoms. The predicted molar refractivity (Wildman–Crippen MR) is 78.4 cm³/mol. The van der Waals surface area contributed by atoms with Crippen LogP contribution in [0.15, 0.2) is 24.3 Å². The molecule has 6 nitrogen and oxygen atoms in total. The zero-order chi connectivity index (χ0) is 14.5. The van der Waals surface area contributed by atoms with Crippen LogP contribution in [0.5, 0.6) is 17.4 Å². The summed E-state index contributed by atoms with van der Waals surface area (Å²) >= 11 is 0. The number of benzene rings is 1. The highest BCUT2D eigenvalue weighted by Crippen LogP contribution is 2.32. The maximum absolute atomic E-state index is 5.73. The zero-order valence-corrected chi connectivity index (χ0v) is 11.8. The fourth-order valence-corrected chi connectivity index (χ4v) is 1.75. The van der Waals surface area contributed by atoms with Gasteiger partial charge < -0.3 is 20.5 Å². The highest BCUT2D eigenvalue weighted by Gasteiger charge is 2.09. The van der Waals surface area contributed by atoms with Crippen molar-refractivity contribution in [1.29, 1.82) is 0 Å². The largest absolute Gasteiger partial charge is 0.493 e. The summed E-state index contributed by atoms with van der Waals surface area (Å²) in [7, 11) is 3.36. The lowest BCUT2D eigenvalue weighted by Crippen LogP contribution is -2.02. The van der Waals surface area contributed by atoms with Gasteiger partial charge in [0, 0.05) is 13.1 Å². The topological polar surface area (TPSA) is 82.3 Å². The Morgan fingerprint density at radius 3 is 2.65 bits per heavy atom. The molecule has 0 saturated heterocycles. The van der Waals surface area contributed by atoms with Crippen LogP contribution in [0.4, 0.5) is 11.8 Å². The monoisotopic (exact) mass is 274 g/mol. The molecule has 1 aromatic heterocycles. The molecule has 0 atom stereocenters. The third-order valence-electron chi connectivity index (χ3n) is 2.83. The Kier molecular flexibility index (Phi) is 4.24. The zero-order valence-electron chi connectivity index (χ0n) is 11.8. The molecule has 2 rings (SSSR count). The Hall–Kier alpha value is -2.50. The van der Waals surface area contributed by atoms with Crippen molar-refractivity contribution in [3.63, 3.8) is 0 Å². The molecule has 1 heterocycles. The van der Waals surface area contributed by atoms with Gasteiger partial charge in [-0.15, -0.1) is 0 Å². The average molecular weight is 274 g/mol. The quantitative estimate of drug-likeness (QED) is 0.871. The Morgan fingerprint density at radius 1 is 1.20 bits per heavy atom. The van der Waals surface area contributed by atoms with Crippen molar-refractivity contribution in [2.75, 3.05) is 25.2 Å². The van der Waals surface area contributed by atoms with Crippen LogP contribution in [-0.2, 0) is 6.42 Å². The second-order valence-corrected chi connectivity index (χ2v) is 4.14. The number of aromatic nitrogens is 2. The van der Waals surface area contributed by atoms with Gasteiger partial charge in [-0.05, 0) is 24.1 Å². The van der Waals surface area contributed by atoms with Crippen molar-refractivity contribution in [2.24, 2.45) is 0 Å². The van der Waals surface area contributed by atoms with Gasteiger partial charge in [0.05, 0.1) is 7.11 Å². The smallest absolute Gasteiger partial charge is 0.226 e. The Balaban J connectivity index is 2.31. The SMILES string of the molecule is CCc1ccc(Oc2cc(NC)nc(N)n2)c(OC)c1. The first-order chi connectivity index (χ1) is 9.66. The summed E-state index contributed by atoms with van der Waals surface area (Å²) in [5, 5.41) is 2.90. The molecule has 0 fully saturated rings. The van der Waals surface area contributed by atoms with E-state index in [2.05, 4.69) is 22.2 Å². The first-order valence-corrected chi connectivity index (χ1v) is 6.33. The molecule has 0 aliphatic heterocycles. The minimum atomic E-state index is 0.149. The summed E-state index contributed by atoms with van der Waals surface area (Å²) in [4.78, 5) is 8.05. The molecule has 0 aliphatic carbocycles. The molecular weight excluding hydrogens is 256 g/mol. The molecule has 0 amide bonds. The van der Waals surface area contributed by atoms with Crippen molar-refractivity contribution < 1.29 is 9.47 Å². The lowest BCUT2D eigenvalue weighted by atomic mass is 10.1. The van der Waals surface area contributed by atoms with Gasteiger partial charge in [-0.1, -0.05) is 13.0 Å². The number of hydrogen-bond donors (Lipinski definition) is 2. The number of anilines is 2. The fourth-order valence-electron chi connectivity index (χ4n) is 1.75. The van der Waals surface area contributed by atoms with E-state index >= 15 is 0 Å². The number of rotatable bonds is 5. The van der Waals surface area contributed by atoms with E-state index in [0.29, 0.717) is 23.2 Å². The van der Waals surface area contributed by atoms with Crippen molar-refractivity contribution in [1.82, 2.24) is 9.97 Å². The first-order valence-electron chi connectivity index (χ1n) is 6.33. The van der Waals surface area contributed by atoms with Crippen LogP contribution < -0.4 is 20.5 Å². The van der Waals surface area contributed by atoms with Gasteiger partial charge in [-0.2, -0.15) is 9.97 Å². The van der Waals surface area contributed by atoms with E-state index in [1.54, 1.807) is 20.2 Å². The standard InChI is InChI=1S/C14H18N4O2/c1-4-9-5-6-10(11(7-9)19-3)20-13-8-12(16-2)17-14(15)18-13/h5-8H,4H2,1-3H3,(H3,15,16,17,18). The van der Waals surface area contributed by atoms with Crippen LogP contribution in [0, 0.1) is 0 Å². The second kappa shape index (κ2) is 6.10. The van der Waals surface area contributed by atoms with Crippen molar-refractivity contribution in [2.45, 2.75) is 13.3 Å². The Morgan fingerprint density at radius 2 is 2.00 bits per heavy atom. The first kappa shape index (κ1) is 13.9. The van der Waals surface area contributed by atoms with Gasteiger partial charge >= 0.3 is 0 Å². The van der Waals surface area contributed by atoms with Crippen molar-refractivity contribution in [3.05, 3.63) is 29.8 Å². The van der Waals surface area contributed by atoms with Crippen LogP contribution in [0.25, 0.3) is 0 Å². The van der Waals surface area contributed by atoms with Crippen LogP contribution in [-0.4, -0.2) is 24.1 Å².